The van der Waals surface area contributed by atoms with Gasteiger partial charge in [-0.15, -0.1) is 0 Å². The topological polar surface area (TPSA) is 26.0 Å². The summed E-state index contributed by atoms with van der Waals surface area (Å²) in [6.07, 6.45) is 5.24. The van der Waals surface area contributed by atoms with Crippen LogP contribution in [0.25, 0.3) is 0 Å². The first-order chi connectivity index (χ1) is 3.83. The fourth-order valence-corrected chi connectivity index (χ4v) is 1.48. The smallest absolute Gasteiger partial charge is 0.00415 e. The van der Waals surface area contributed by atoms with E-state index in [4.69, 9.17) is 5.73 Å². The quantitative estimate of drug-likeness (QED) is 0.548. The minimum Gasteiger partial charge on any atom is -0.328 e. The molecule has 0 bridgehead atoms. The first-order valence-electron chi connectivity index (χ1n) is 3.58. The van der Waals surface area contributed by atoms with E-state index in [9.17, 15) is 0 Å². The summed E-state index contributed by atoms with van der Waals surface area (Å²) in [4.78, 5) is 0. The third-order valence-corrected chi connectivity index (χ3v) is 2.16. The van der Waals surface area contributed by atoms with E-state index in [0.29, 0.717) is 6.04 Å². The summed E-state index contributed by atoms with van der Waals surface area (Å²) >= 11 is 0. The van der Waals surface area contributed by atoms with Gasteiger partial charge in [0, 0.05) is 6.04 Å². The first kappa shape index (κ1) is 6.09. The molecule has 2 atom stereocenters. The Bertz CT molecular complexity index is 70.8. The highest BCUT2D eigenvalue weighted by Crippen LogP contribution is 2.25. The Hall–Kier alpha value is -0.0400. The molecule has 1 unspecified atom stereocenters. The summed E-state index contributed by atoms with van der Waals surface area (Å²) in [6, 6.07) is 0.528. The van der Waals surface area contributed by atoms with Crippen LogP contribution in [0, 0.1) is 5.92 Å². The molecule has 0 aromatic heterocycles. The summed E-state index contributed by atoms with van der Waals surface area (Å²) in [7, 11) is 0. The normalized spacial score (nSPS) is 38.2. The molecule has 0 heterocycles. The molecule has 1 saturated carbocycles. The van der Waals surface area contributed by atoms with Gasteiger partial charge in [-0.2, -0.15) is 0 Å². The van der Waals surface area contributed by atoms with E-state index in [1.54, 1.807) is 0 Å². The fourth-order valence-electron chi connectivity index (χ4n) is 1.48. The molecular weight excluding hydrogens is 98.1 g/mol. The second kappa shape index (κ2) is 2.49. The van der Waals surface area contributed by atoms with E-state index in [2.05, 4.69) is 6.92 Å². The van der Waals surface area contributed by atoms with Crippen molar-refractivity contribution >= 4 is 0 Å². The van der Waals surface area contributed by atoms with Crippen LogP contribution in [0.1, 0.15) is 32.6 Å². The van der Waals surface area contributed by atoms with Gasteiger partial charge in [-0.05, 0) is 25.2 Å². The molecule has 1 aliphatic carbocycles. The Balaban J connectivity index is 2.22. The Labute approximate surface area is 51.3 Å². The maximum Gasteiger partial charge on any atom is 0.00415 e. The Morgan fingerprint density at radius 3 is 2.50 bits per heavy atom. The Kier molecular flexibility index (Phi) is 1.90. The largest absolute Gasteiger partial charge is 0.328 e. The van der Waals surface area contributed by atoms with Crippen molar-refractivity contribution in [3.8, 4) is 0 Å². The summed E-state index contributed by atoms with van der Waals surface area (Å²) in [6.45, 7) is 2.25. The zero-order chi connectivity index (χ0) is 5.98. The molecule has 0 aromatic carbocycles. The molecule has 1 fully saturated rings. The molecule has 0 saturated heterocycles. The molecule has 1 nitrogen and oxygen atoms in total. The summed E-state index contributed by atoms with van der Waals surface area (Å²) in [5, 5.41) is 0. The van der Waals surface area contributed by atoms with Crippen LogP contribution >= 0.6 is 0 Å². The summed E-state index contributed by atoms with van der Waals surface area (Å²) in [5.74, 6) is 0.949. The van der Waals surface area contributed by atoms with E-state index in [-0.39, 0.29) is 0 Å². The highest BCUT2D eigenvalue weighted by atomic mass is 14.6. The van der Waals surface area contributed by atoms with Gasteiger partial charge in [0.1, 0.15) is 0 Å². The van der Waals surface area contributed by atoms with E-state index in [1.165, 1.54) is 25.7 Å². The summed E-state index contributed by atoms with van der Waals surface area (Å²) < 4.78 is 0. The highest BCUT2D eigenvalue weighted by molar-refractivity contribution is 4.76. The van der Waals surface area contributed by atoms with Crippen molar-refractivity contribution in [2.75, 3.05) is 0 Å². The van der Waals surface area contributed by atoms with Crippen LogP contribution in [0.5, 0.6) is 0 Å². The van der Waals surface area contributed by atoms with E-state index < -0.39 is 0 Å². The van der Waals surface area contributed by atoms with Crippen molar-refractivity contribution < 1.29 is 0 Å². The molecule has 0 radical (unpaired) electrons. The van der Waals surface area contributed by atoms with Crippen molar-refractivity contribution in [1.82, 2.24) is 0 Å². The molecular formula is C7H15N. The second-order valence-electron chi connectivity index (χ2n) is 2.85. The fraction of sp³-hybridized carbons (Fsp3) is 1.00. The van der Waals surface area contributed by atoms with Crippen LogP contribution in [-0.4, -0.2) is 6.04 Å². The first-order valence-corrected chi connectivity index (χ1v) is 3.58. The minimum atomic E-state index is 0.528. The van der Waals surface area contributed by atoms with Crippen LogP contribution in [-0.2, 0) is 0 Å². The highest BCUT2D eigenvalue weighted by Gasteiger charge is 2.19. The van der Waals surface area contributed by atoms with Crippen molar-refractivity contribution in [1.29, 1.82) is 0 Å². The Morgan fingerprint density at radius 2 is 2.25 bits per heavy atom. The Morgan fingerprint density at radius 1 is 1.50 bits per heavy atom. The van der Waals surface area contributed by atoms with Gasteiger partial charge in [0.05, 0.1) is 0 Å². The van der Waals surface area contributed by atoms with Crippen LogP contribution in [0.15, 0.2) is 0 Å². The molecule has 1 aliphatic rings. The van der Waals surface area contributed by atoms with Gasteiger partial charge in [-0.3, -0.25) is 0 Å². The van der Waals surface area contributed by atoms with Gasteiger partial charge in [-0.25, -0.2) is 0 Å². The molecule has 8 heavy (non-hydrogen) atoms. The number of hydrogen-bond acceptors (Lipinski definition) is 1. The number of hydrogen-bond donors (Lipinski definition) is 1. The lowest BCUT2D eigenvalue weighted by molar-refractivity contribution is 0.520. The van der Waals surface area contributed by atoms with Crippen LogP contribution in [0.2, 0.25) is 0 Å². The lowest BCUT2D eigenvalue weighted by atomic mass is 10.1. The van der Waals surface area contributed by atoms with Crippen LogP contribution in [0.4, 0.5) is 0 Å². The average Bonchev–Trinajstić information content (AvgIpc) is 2.14. The van der Waals surface area contributed by atoms with Crippen molar-refractivity contribution in [3.05, 3.63) is 0 Å². The third kappa shape index (κ3) is 1.22. The molecule has 0 aliphatic heterocycles. The van der Waals surface area contributed by atoms with E-state index in [1.807, 2.05) is 0 Å². The number of rotatable bonds is 1. The standard InChI is InChI=1S/C7H15N/c1-2-6-3-4-7(8)5-6/h6-7H,2-5,8H2,1H3/t6?,7-/m1/s1. The lowest BCUT2D eigenvalue weighted by Gasteiger charge is -2.02. The van der Waals surface area contributed by atoms with Crippen LogP contribution < -0.4 is 5.73 Å². The molecule has 0 aromatic rings. The molecule has 1 heteroatoms. The summed E-state index contributed by atoms with van der Waals surface area (Å²) in [5.41, 5.74) is 5.70. The maximum absolute atomic E-state index is 5.70. The van der Waals surface area contributed by atoms with E-state index in [0.717, 1.165) is 5.92 Å². The predicted octanol–water partition coefficient (Wildman–Crippen LogP) is 1.52. The molecule has 1 rings (SSSR count). The van der Waals surface area contributed by atoms with Gasteiger partial charge in [-0.1, -0.05) is 13.3 Å². The van der Waals surface area contributed by atoms with Crippen LogP contribution in [0.3, 0.4) is 0 Å². The lowest BCUT2D eigenvalue weighted by Crippen LogP contribution is -2.14. The zero-order valence-electron chi connectivity index (χ0n) is 5.56. The molecule has 0 amide bonds. The molecule has 2 N–H and O–H groups in total. The van der Waals surface area contributed by atoms with Crippen molar-refractivity contribution in [2.24, 2.45) is 11.7 Å². The van der Waals surface area contributed by atoms with Gasteiger partial charge in [0.2, 0.25) is 0 Å². The molecule has 48 valence electrons. The number of nitrogens with two attached hydrogens (primary N) is 1. The maximum atomic E-state index is 5.70. The second-order valence-corrected chi connectivity index (χ2v) is 2.85. The minimum absolute atomic E-state index is 0.528. The third-order valence-electron chi connectivity index (χ3n) is 2.16. The monoisotopic (exact) mass is 113 g/mol. The predicted molar refractivity (Wildman–Crippen MR) is 35.6 cm³/mol. The van der Waals surface area contributed by atoms with Gasteiger partial charge in [0.25, 0.3) is 0 Å². The van der Waals surface area contributed by atoms with Gasteiger partial charge >= 0.3 is 0 Å². The SMILES string of the molecule is CCC1CC[C@@H](N)C1. The molecule has 0 spiro atoms. The zero-order valence-corrected chi connectivity index (χ0v) is 5.56. The van der Waals surface area contributed by atoms with E-state index >= 15 is 0 Å². The van der Waals surface area contributed by atoms with Gasteiger partial charge in [0.15, 0.2) is 0 Å². The average molecular weight is 113 g/mol. The van der Waals surface area contributed by atoms with Gasteiger partial charge < -0.3 is 5.73 Å². The van der Waals surface area contributed by atoms with Crippen molar-refractivity contribution in [3.63, 3.8) is 0 Å². The van der Waals surface area contributed by atoms with Crippen molar-refractivity contribution in [2.45, 2.75) is 38.6 Å².